The molecule has 0 bridgehead atoms. The maximum absolute atomic E-state index is 13.3. The van der Waals surface area contributed by atoms with Gasteiger partial charge in [0.1, 0.15) is 23.7 Å². The molecule has 0 saturated carbocycles. The molecule has 1 N–H and O–H groups in total. The first-order valence-electron chi connectivity index (χ1n) is 8.10. The van der Waals surface area contributed by atoms with Crippen molar-refractivity contribution in [3.63, 3.8) is 0 Å². The predicted octanol–water partition coefficient (Wildman–Crippen LogP) is 3.11. The summed E-state index contributed by atoms with van der Waals surface area (Å²) >= 11 is 0. The molecule has 0 aliphatic carbocycles. The molecule has 1 aliphatic heterocycles. The van der Waals surface area contributed by atoms with Crippen molar-refractivity contribution in [3.05, 3.63) is 65.5 Å². The standard InChI is InChI=1S/C19H16F3N3O2/c1-19(2)24-17(11-3-5-12(20)6-4-11)18(27)25(19)10-16(26)23-13-7-8-14(21)15(22)9-13/h3-9H,10H2,1-2H3,(H,23,26). The van der Waals surface area contributed by atoms with E-state index in [4.69, 9.17) is 0 Å². The molecule has 2 aromatic rings. The number of nitrogens with one attached hydrogen (secondary N) is 1. The molecular formula is C19H16F3N3O2. The van der Waals surface area contributed by atoms with Crippen LogP contribution in [-0.2, 0) is 9.59 Å². The molecule has 0 spiro atoms. The predicted molar refractivity (Wildman–Crippen MR) is 93.7 cm³/mol. The molecule has 27 heavy (non-hydrogen) atoms. The Morgan fingerprint density at radius 2 is 1.74 bits per heavy atom. The normalized spacial score (nSPS) is 15.7. The van der Waals surface area contributed by atoms with Crippen molar-refractivity contribution >= 4 is 23.2 Å². The zero-order chi connectivity index (χ0) is 19.8. The van der Waals surface area contributed by atoms with Gasteiger partial charge >= 0.3 is 0 Å². The minimum Gasteiger partial charge on any atom is -0.324 e. The van der Waals surface area contributed by atoms with E-state index in [2.05, 4.69) is 10.3 Å². The number of carbonyl (C=O) groups excluding carboxylic acids is 2. The lowest BCUT2D eigenvalue weighted by Gasteiger charge is -2.28. The lowest BCUT2D eigenvalue weighted by Crippen LogP contribution is -2.46. The molecule has 0 atom stereocenters. The highest BCUT2D eigenvalue weighted by Gasteiger charge is 2.41. The number of hydrogen-bond acceptors (Lipinski definition) is 3. The highest BCUT2D eigenvalue weighted by molar-refractivity contribution is 6.47. The molecule has 5 nitrogen and oxygen atoms in total. The van der Waals surface area contributed by atoms with Gasteiger partial charge in [0.15, 0.2) is 11.6 Å². The van der Waals surface area contributed by atoms with Gasteiger partial charge in [-0.15, -0.1) is 0 Å². The zero-order valence-electron chi connectivity index (χ0n) is 14.6. The molecule has 0 aromatic heterocycles. The van der Waals surface area contributed by atoms with Crippen molar-refractivity contribution in [1.29, 1.82) is 0 Å². The quantitative estimate of drug-likeness (QED) is 0.893. The van der Waals surface area contributed by atoms with Gasteiger partial charge in [0.05, 0.1) is 0 Å². The summed E-state index contributed by atoms with van der Waals surface area (Å²) in [4.78, 5) is 30.6. The molecule has 1 heterocycles. The monoisotopic (exact) mass is 375 g/mol. The largest absolute Gasteiger partial charge is 0.324 e. The van der Waals surface area contributed by atoms with Gasteiger partial charge in [-0.05, 0) is 50.2 Å². The van der Waals surface area contributed by atoms with Crippen LogP contribution in [0.15, 0.2) is 47.5 Å². The molecule has 8 heteroatoms. The summed E-state index contributed by atoms with van der Waals surface area (Å²) in [5, 5.41) is 2.42. The maximum atomic E-state index is 13.3. The van der Waals surface area contributed by atoms with E-state index >= 15 is 0 Å². The first kappa shape index (κ1) is 18.6. The molecule has 3 rings (SSSR count). The lowest BCUT2D eigenvalue weighted by atomic mass is 10.1. The summed E-state index contributed by atoms with van der Waals surface area (Å²) in [6.45, 7) is 2.98. The Labute approximate surface area is 153 Å². The third-order valence-electron chi connectivity index (χ3n) is 4.12. The SMILES string of the molecule is CC1(C)N=C(c2ccc(F)cc2)C(=O)N1CC(=O)Nc1ccc(F)c(F)c1. The van der Waals surface area contributed by atoms with Crippen molar-refractivity contribution in [2.24, 2.45) is 4.99 Å². The average Bonchev–Trinajstić information content (AvgIpc) is 2.82. The second kappa shape index (κ2) is 6.86. The van der Waals surface area contributed by atoms with E-state index in [0.29, 0.717) is 5.56 Å². The smallest absolute Gasteiger partial charge is 0.275 e. The molecule has 1 aliphatic rings. The fourth-order valence-corrected chi connectivity index (χ4v) is 2.74. The van der Waals surface area contributed by atoms with Crippen LogP contribution in [0.1, 0.15) is 19.4 Å². The van der Waals surface area contributed by atoms with Gasteiger partial charge in [0.2, 0.25) is 5.91 Å². The molecule has 2 amide bonds. The molecule has 0 unspecified atom stereocenters. The van der Waals surface area contributed by atoms with E-state index < -0.39 is 34.9 Å². The van der Waals surface area contributed by atoms with E-state index in [9.17, 15) is 22.8 Å². The van der Waals surface area contributed by atoms with Gasteiger partial charge < -0.3 is 10.2 Å². The summed E-state index contributed by atoms with van der Waals surface area (Å²) in [6.07, 6.45) is 0. The van der Waals surface area contributed by atoms with Crippen LogP contribution in [0.2, 0.25) is 0 Å². The van der Waals surface area contributed by atoms with Crippen LogP contribution >= 0.6 is 0 Å². The van der Waals surface area contributed by atoms with Gasteiger partial charge in [-0.2, -0.15) is 0 Å². The first-order chi connectivity index (χ1) is 12.7. The third kappa shape index (κ3) is 3.84. The molecule has 0 radical (unpaired) electrons. The van der Waals surface area contributed by atoms with Crippen molar-refractivity contribution in [3.8, 4) is 0 Å². The Bertz CT molecular complexity index is 940. The van der Waals surface area contributed by atoms with Crippen molar-refractivity contribution in [1.82, 2.24) is 4.90 Å². The van der Waals surface area contributed by atoms with Crippen LogP contribution < -0.4 is 5.32 Å². The number of nitrogens with zero attached hydrogens (tertiary/aromatic N) is 2. The summed E-state index contributed by atoms with van der Waals surface area (Å²) in [5.41, 5.74) is -0.353. The third-order valence-corrected chi connectivity index (χ3v) is 4.12. The second-order valence-electron chi connectivity index (χ2n) is 6.53. The van der Waals surface area contributed by atoms with Crippen molar-refractivity contribution in [2.45, 2.75) is 19.5 Å². The van der Waals surface area contributed by atoms with Crippen molar-refractivity contribution < 1.29 is 22.8 Å². The number of benzene rings is 2. The molecule has 2 aromatic carbocycles. The highest BCUT2D eigenvalue weighted by Crippen LogP contribution is 2.26. The Morgan fingerprint density at radius 3 is 2.37 bits per heavy atom. The average molecular weight is 375 g/mol. The van der Waals surface area contributed by atoms with Crippen LogP contribution in [0.3, 0.4) is 0 Å². The van der Waals surface area contributed by atoms with Crippen LogP contribution in [0.5, 0.6) is 0 Å². The summed E-state index contributed by atoms with van der Waals surface area (Å²) in [6, 6.07) is 8.27. The number of halogens is 3. The second-order valence-corrected chi connectivity index (χ2v) is 6.53. The summed E-state index contributed by atoms with van der Waals surface area (Å²) < 4.78 is 39.3. The topological polar surface area (TPSA) is 61.8 Å². The molecule has 0 saturated heterocycles. The van der Waals surface area contributed by atoms with E-state index in [1.165, 1.54) is 35.2 Å². The van der Waals surface area contributed by atoms with Crippen LogP contribution in [0, 0.1) is 17.5 Å². The van der Waals surface area contributed by atoms with Gasteiger partial charge in [-0.25, -0.2) is 13.2 Å². The number of hydrogen-bond donors (Lipinski definition) is 1. The van der Waals surface area contributed by atoms with E-state index in [0.717, 1.165) is 12.1 Å². The first-order valence-corrected chi connectivity index (χ1v) is 8.10. The molecule has 0 fully saturated rings. The number of anilines is 1. The number of carbonyl (C=O) groups is 2. The van der Waals surface area contributed by atoms with Crippen LogP contribution in [0.4, 0.5) is 18.9 Å². The van der Waals surface area contributed by atoms with Crippen LogP contribution in [0.25, 0.3) is 0 Å². The lowest BCUT2D eigenvalue weighted by molar-refractivity contribution is -0.131. The van der Waals surface area contributed by atoms with E-state index in [1.54, 1.807) is 13.8 Å². The maximum Gasteiger partial charge on any atom is 0.275 e. The molecule has 140 valence electrons. The van der Waals surface area contributed by atoms with E-state index in [-0.39, 0.29) is 17.9 Å². The zero-order valence-corrected chi connectivity index (χ0v) is 14.6. The van der Waals surface area contributed by atoms with E-state index in [1.807, 2.05) is 0 Å². The van der Waals surface area contributed by atoms with Crippen LogP contribution in [-0.4, -0.2) is 34.6 Å². The van der Waals surface area contributed by atoms with Crippen molar-refractivity contribution in [2.75, 3.05) is 11.9 Å². The van der Waals surface area contributed by atoms with Gasteiger partial charge in [-0.3, -0.25) is 14.6 Å². The fraction of sp³-hybridized carbons (Fsp3) is 0.211. The summed E-state index contributed by atoms with van der Waals surface area (Å²) in [5.74, 6) is -3.62. The Morgan fingerprint density at radius 1 is 1.07 bits per heavy atom. The Kier molecular flexibility index (Phi) is 4.73. The fourth-order valence-electron chi connectivity index (χ4n) is 2.74. The summed E-state index contributed by atoms with van der Waals surface area (Å²) in [7, 11) is 0. The number of rotatable bonds is 4. The highest BCUT2D eigenvalue weighted by atomic mass is 19.2. The Balaban J connectivity index is 1.75. The van der Waals surface area contributed by atoms with Gasteiger partial charge in [0.25, 0.3) is 5.91 Å². The Hall–Kier alpha value is -3.16. The minimum atomic E-state index is -1.09. The molecular weight excluding hydrogens is 359 g/mol. The minimum absolute atomic E-state index is 0.0722. The van der Waals surface area contributed by atoms with Gasteiger partial charge in [0, 0.05) is 17.3 Å². The van der Waals surface area contributed by atoms with Gasteiger partial charge in [-0.1, -0.05) is 0 Å². The number of aliphatic imine (C=N–C) groups is 1. The number of amides is 2.